The Labute approximate surface area is 141 Å². The van der Waals surface area contributed by atoms with E-state index in [1.54, 1.807) is 38.1 Å². The van der Waals surface area contributed by atoms with E-state index in [0.29, 0.717) is 16.5 Å². The second-order valence-electron chi connectivity index (χ2n) is 7.10. The molecule has 2 rings (SSSR count). The van der Waals surface area contributed by atoms with Crippen LogP contribution in [0.1, 0.15) is 46.1 Å². The Kier molecular flexibility index (Phi) is 4.85. The molecule has 23 heavy (non-hydrogen) atoms. The van der Waals surface area contributed by atoms with Crippen molar-refractivity contribution in [3.8, 4) is 5.75 Å². The van der Waals surface area contributed by atoms with Crippen molar-refractivity contribution < 1.29 is 14.1 Å². The summed E-state index contributed by atoms with van der Waals surface area (Å²) >= 11 is 5.85. The topological polar surface area (TPSA) is 52.3 Å². The average molecular weight is 336 g/mol. The molecule has 1 heterocycles. The van der Waals surface area contributed by atoms with Crippen molar-refractivity contribution in [1.29, 1.82) is 0 Å². The van der Waals surface area contributed by atoms with Crippen LogP contribution in [-0.2, 0) is 16.6 Å². The number of carbonyl (C=O) groups is 1. The Morgan fingerprint density at radius 3 is 2.30 bits per heavy atom. The standard InChI is InChI=1S/C18H22ClNO3/c1-17(2,3)16-11-13(20-23-16)10-15(21)18(4,5)22-14-8-6-12(19)7-9-14/h6-9,11H,10H2,1-5H3. The molecule has 124 valence electrons. The highest BCUT2D eigenvalue weighted by Crippen LogP contribution is 2.25. The van der Waals surface area contributed by atoms with Gasteiger partial charge in [-0.2, -0.15) is 0 Å². The first-order chi connectivity index (χ1) is 10.6. The second kappa shape index (κ2) is 6.36. The third-order valence-corrected chi connectivity index (χ3v) is 3.75. The molecule has 1 aromatic heterocycles. The minimum atomic E-state index is -0.964. The highest BCUT2D eigenvalue weighted by molar-refractivity contribution is 6.30. The summed E-state index contributed by atoms with van der Waals surface area (Å²) < 4.78 is 11.1. The van der Waals surface area contributed by atoms with E-state index in [9.17, 15) is 4.79 Å². The number of ketones is 1. The zero-order chi connectivity index (χ0) is 17.3. The van der Waals surface area contributed by atoms with Gasteiger partial charge in [0.15, 0.2) is 11.4 Å². The quantitative estimate of drug-likeness (QED) is 0.801. The molecule has 5 heteroatoms. The molecule has 0 aliphatic heterocycles. The van der Waals surface area contributed by atoms with Crippen LogP contribution in [0.3, 0.4) is 0 Å². The normalized spacial score (nSPS) is 12.3. The van der Waals surface area contributed by atoms with Gasteiger partial charge in [0.05, 0.1) is 12.1 Å². The first-order valence-corrected chi connectivity index (χ1v) is 7.90. The maximum atomic E-state index is 12.5. The van der Waals surface area contributed by atoms with Gasteiger partial charge in [0.2, 0.25) is 0 Å². The molecular formula is C18H22ClNO3. The van der Waals surface area contributed by atoms with Gasteiger partial charge >= 0.3 is 0 Å². The molecule has 0 amide bonds. The lowest BCUT2D eigenvalue weighted by Crippen LogP contribution is -2.39. The van der Waals surface area contributed by atoms with Gasteiger partial charge in [-0.1, -0.05) is 37.5 Å². The number of hydrogen-bond donors (Lipinski definition) is 0. The molecule has 0 radical (unpaired) electrons. The van der Waals surface area contributed by atoms with Crippen LogP contribution in [0.4, 0.5) is 0 Å². The van der Waals surface area contributed by atoms with E-state index >= 15 is 0 Å². The van der Waals surface area contributed by atoms with Gasteiger partial charge < -0.3 is 9.26 Å². The fourth-order valence-electron chi connectivity index (χ4n) is 1.98. The summed E-state index contributed by atoms with van der Waals surface area (Å²) in [5, 5.41) is 4.61. The molecule has 0 saturated heterocycles. The van der Waals surface area contributed by atoms with Crippen molar-refractivity contribution in [2.75, 3.05) is 0 Å². The molecule has 0 aliphatic carbocycles. The largest absolute Gasteiger partial charge is 0.480 e. The lowest BCUT2D eigenvalue weighted by molar-refractivity contribution is -0.131. The van der Waals surface area contributed by atoms with Crippen molar-refractivity contribution >= 4 is 17.4 Å². The highest BCUT2D eigenvalue weighted by Gasteiger charge is 2.31. The van der Waals surface area contributed by atoms with Crippen molar-refractivity contribution in [1.82, 2.24) is 5.16 Å². The zero-order valence-corrected chi connectivity index (χ0v) is 14.9. The maximum absolute atomic E-state index is 12.5. The number of aromatic nitrogens is 1. The molecule has 4 nitrogen and oxygen atoms in total. The van der Waals surface area contributed by atoms with Crippen LogP contribution in [0, 0.1) is 0 Å². The average Bonchev–Trinajstić information content (AvgIpc) is 2.89. The molecular weight excluding hydrogens is 314 g/mol. The van der Waals surface area contributed by atoms with Crippen molar-refractivity contribution in [2.45, 2.75) is 52.1 Å². The molecule has 0 saturated carbocycles. The number of carbonyl (C=O) groups excluding carboxylic acids is 1. The molecule has 0 bridgehead atoms. The molecule has 0 N–H and O–H groups in total. The Morgan fingerprint density at radius 1 is 1.17 bits per heavy atom. The van der Waals surface area contributed by atoms with E-state index in [1.807, 2.05) is 26.8 Å². The predicted octanol–water partition coefficient (Wildman–Crippen LogP) is 4.59. The monoisotopic (exact) mass is 335 g/mol. The van der Waals surface area contributed by atoms with E-state index in [2.05, 4.69) is 5.16 Å². The number of rotatable bonds is 5. The van der Waals surface area contributed by atoms with Crippen molar-refractivity contribution in [3.63, 3.8) is 0 Å². The lowest BCUT2D eigenvalue weighted by Gasteiger charge is -2.24. The minimum Gasteiger partial charge on any atom is -0.480 e. The molecule has 0 spiro atoms. The fraction of sp³-hybridized carbons (Fsp3) is 0.444. The Morgan fingerprint density at radius 2 is 1.78 bits per heavy atom. The van der Waals surface area contributed by atoms with Crippen LogP contribution in [0.15, 0.2) is 34.9 Å². The second-order valence-corrected chi connectivity index (χ2v) is 7.54. The van der Waals surface area contributed by atoms with E-state index in [0.717, 1.165) is 5.76 Å². The summed E-state index contributed by atoms with van der Waals surface area (Å²) in [6.07, 6.45) is 0.167. The van der Waals surface area contributed by atoms with Crippen LogP contribution in [0.5, 0.6) is 5.75 Å². The van der Waals surface area contributed by atoms with Crippen LogP contribution in [0.25, 0.3) is 0 Å². The van der Waals surface area contributed by atoms with E-state index < -0.39 is 5.60 Å². The maximum Gasteiger partial charge on any atom is 0.181 e. The lowest BCUT2D eigenvalue weighted by atomic mass is 9.92. The number of halogens is 1. The fourth-order valence-corrected chi connectivity index (χ4v) is 2.11. The SMILES string of the molecule is CC(C)(Oc1ccc(Cl)cc1)C(=O)Cc1cc(C(C)(C)C)on1. The number of hydrogen-bond acceptors (Lipinski definition) is 4. The number of Topliss-reactive ketones (excluding diaryl/α,β-unsaturated/α-hetero) is 1. The molecule has 0 atom stereocenters. The van der Waals surface area contributed by atoms with Gasteiger partial charge in [0.25, 0.3) is 0 Å². The van der Waals surface area contributed by atoms with Crippen molar-refractivity contribution in [3.05, 3.63) is 46.8 Å². The Bertz CT molecular complexity index is 681. The van der Waals surface area contributed by atoms with Gasteiger partial charge in [-0.3, -0.25) is 4.79 Å². The third kappa shape index (κ3) is 4.58. The van der Waals surface area contributed by atoms with Gasteiger partial charge in [-0.25, -0.2) is 0 Å². The van der Waals surface area contributed by atoms with Gasteiger partial charge in [-0.15, -0.1) is 0 Å². The molecule has 0 aliphatic rings. The smallest absolute Gasteiger partial charge is 0.181 e. The van der Waals surface area contributed by atoms with E-state index in [1.165, 1.54) is 0 Å². The van der Waals surface area contributed by atoms with Crippen LogP contribution >= 0.6 is 11.6 Å². The summed E-state index contributed by atoms with van der Waals surface area (Å²) in [5.74, 6) is 1.29. The molecule has 2 aromatic rings. The number of ether oxygens (including phenoxy) is 1. The summed E-state index contributed by atoms with van der Waals surface area (Å²) in [6.45, 7) is 9.59. The molecule has 0 unspecified atom stereocenters. The third-order valence-electron chi connectivity index (χ3n) is 3.50. The summed E-state index contributed by atoms with van der Waals surface area (Å²) in [7, 11) is 0. The number of nitrogens with zero attached hydrogens (tertiary/aromatic N) is 1. The predicted molar refractivity (Wildman–Crippen MR) is 90.1 cm³/mol. The molecule has 1 aromatic carbocycles. The first kappa shape index (κ1) is 17.5. The van der Waals surface area contributed by atoms with Crippen LogP contribution in [-0.4, -0.2) is 16.5 Å². The first-order valence-electron chi connectivity index (χ1n) is 7.52. The van der Waals surface area contributed by atoms with Gasteiger partial charge in [0, 0.05) is 16.5 Å². The van der Waals surface area contributed by atoms with E-state index in [4.69, 9.17) is 20.9 Å². The van der Waals surface area contributed by atoms with Crippen LogP contribution < -0.4 is 4.74 Å². The minimum absolute atomic E-state index is 0.0683. The van der Waals surface area contributed by atoms with E-state index in [-0.39, 0.29) is 17.6 Å². The summed E-state index contributed by atoms with van der Waals surface area (Å²) in [6, 6.07) is 8.77. The zero-order valence-electron chi connectivity index (χ0n) is 14.1. The summed E-state index contributed by atoms with van der Waals surface area (Å²) in [5.41, 5.74) is -0.481. The number of benzene rings is 1. The van der Waals surface area contributed by atoms with Crippen molar-refractivity contribution in [2.24, 2.45) is 0 Å². The van der Waals surface area contributed by atoms with Crippen LogP contribution in [0.2, 0.25) is 5.02 Å². The Hall–Kier alpha value is -1.81. The van der Waals surface area contributed by atoms with Gasteiger partial charge in [0.1, 0.15) is 11.5 Å². The Balaban J connectivity index is 2.06. The highest BCUT2D eigenvalue weighted by atomic mass is 35.5. The molecule has 0 fully saturated rings. The summed E-state index contributed by atoms with van der Waals surface area (Å²) in [4.78, 5) is 12.5. The van der Waals surface area contributed by atoms with Gasteiger partial charge in [-0.05, 0) is 38.1 Å².